The van der Waals surface area contributed by atoms with Crippen molar-refractivity contribution in [1.82, 2.24) is 9.88 Å². The minimum atomic E-state index is 0.332. The number of rotatable bonds is 8. The van der Waals surface area contributed by atoms with Crippen molar-refractivity contribution in [2.45, 2.75) is 112 Å². The van der Waals surface area contributed by atoms with Gasteiger partial charge in [0, 0.05) is 37.4 Å². The molecular formula is C34H59N3O2S. The Morgan fingerprint density at radius 3 is 2.15 bits per heavy atom. The van der Waals surface area contributed by atoms with Gasteiger partial charge in [-0.1, -0.05) is 88.5 Å². The van der Waals surface area contributed by atoms with Gasteiger partial charge in [-0.05, 0) is 59.3 Å². The van der Waals surface area contributed by atoms with Crippen LogP contribution in [0.4, 0.5) is 0 Å². The minimum absolute atomic E-state index is 0.332. The topological polar surface area (TPSA) is 76.3 Å². The highest BCUT2D eigenvalue weighted by molar-refractivity contribution is 7.09. The molecule has 6 heteroatoms. The van der Waals surface area contributed by atoms with Crippen molar-refractivity contribution in [3.63, 3.8) is 0 Å². The van der Waals surface area contributed by atoms with Crippen molar-refractivity contribution >= 4 is 23.5 Å². The highest BCUT2D eigenvalue weighted by Crippen LogP contribution is 2.32. The Hall–Kier alpha value is -2.31. The monoisotopic (exact) mass is 573 g/mol. The summed E-state index contributed by atoms with van der Waals surface area (Å²) in [5, 5.41) is 2.88. The first-order valence-corrected chi connectivity index (χ1v) is 16.1. The van der Waals surface area contributed by atoms with Gasteiger partial charge in [0.15, 0.2) is 6.29 Å². The first kappa shape index (κ1) is 39.8. The van der Waals surface area contributed by atoms with Crippen molar-refractivity contribution in [2.75, 3.05) is 19.6 Å². The maximum absolute atomic E-state index is 12.3. The molecule has 1 amide bonds. The van der Waals surface area contributed by atoms with E-state index in [1.807, 2.05) is 62.3 Å². The molecule has 2 aliphatic rings. The van der Waals surface area contributed by atoms with E-state index in [9.17, 15) is 9.59 Å². The lowest BCUT2D eigenvalue weighted by molar-refractivity contribution is -0.132. The van der Waals surface area contributed by atoms with Gasteiger partial charge >= 0.3 is 0 Å². The summed E-state index contributed by atoms with van der Waals surface area (Å²) in [6.07, 6.45) is 22.7. The van der Waals surface area contributed by atoms with Gasteiger partial charge in [0.1, 0.15) is 5.69 Å². The molecule has 3 rings (SSSR count). The Labute approximate surface area is 250 Å². The summed E-state index contributed by atoms with van der Waals surface area (Å²) in [6, 6.07) is 0. The Bertz CT molecular complexity index is 843. The van der Waals surface area contributed by atoms with Crippen LogP contribution in [-0.4, -0.2) is 41.7 Å². The van der Waals surface area contributed by atoms with Crippen LogP contribution in [0.25, 0.3) is 0 Å². The second-order valence-electron chi connectivity index (χ2n) is 9.66. The van der Waals surface area contributed by atoms with Crippen LogP contribution in [0.15, 0.2) is 54.0 Å². The number of piperidine rings is 1. The van der Waals surface area contributed by atoms with E-state index in [1.165, 1.54) is 37.7 Å². The van der Waals surface area contributed by atoms with Crippen LogP contribution in [0.2, 0.25) is 0 Å². The fraction of sp³-hybridized carbons (Fsp3) is 0.618. The summed E-state index contributed by atoms with van der Waals surface area (Å²) >= 11 is 1.57. The third kappa shape index (κ3) is 19.7. The third-order valence-corrected chi connectivity index (χ3v) is 7.75. The van der Waals surface area contributed by atoms with E-state index >= 15 is 0 Å². The molecule has 1 saturated heterocycles. The largest absolute Gasteiger partial charge is 0.343 e. The molecule has 5 nitrogen and oxygen atoms in total. The summed E-state index contributed by atoms with van der Waals surface area (Å²) < 4.78 is 0. The van der Waals surface area contributed by atoms with Crippen molar-refractivity contribution in [3.05, 3.63) is 64.7 Å². The average Bonchev–Trinajstić information content (AvgIpc) is 3.71. The molecule has 1 aliphatic carbocycles. The molecule has 0 unspecified atom stereocenters. The lowest BCUT2D eigenvalue weighted by atomic mass is 9.96. The predicted octanol–water partition coefficient (Wildman–Crippen LogP) is 9.29. The zero-order valence-corrected chi connectivity index (χ0v) is 27.5. The highest BCUT2D eigenvalue weighted by Gasteiger charge is 2.26. The van der Waals surface area contributed by atoms with Crippen LogP contribution in [0, 0.1) is 5.92 Å². The number of hydrogen-bond acceptors (Lipinski definition) is 5. The van der Waals surface area contributed by atoms with E-state index in [1.54, 1.807) is 17.4 Å². The maximum Gasteiger partial charge on any atom is 0.222 e. The van der Waals surface area contributed by atoms with Gasteiger partial charge in [-0.15, -0.1) is 17.9 Å². The molecule has 1 aromatic heterocycles. The third-order valence-electron chi connectivity index (χ3n) is 6.72. The predicted molar refractivity (Wildman–Crippen MR) is 177 cm³/mol. The van der Waals surface area contributed by atoms with Crippen molar-refractivity contribution in [2.24, 2.45) is 11.7 Å². The second-order valence-corrected chi connectivity index (χ2v) is 10.5. The molecule has 2 fully saturated rings. The Kier molecular flexibility index (Phi) is 28.1. The number of carbonyl (C=O) groups is 2. The van der Waals surface area contributed by atoms with Crippen molar-refractivity contribution in [1.29, 1.82) is 0 Å². The standard InChI is InChI=1S/C17H24N2O2S.C6H11N.C6H12.C3H6.C2H6/c20-11-15-12-22-17(18-15)14-7-9-19(10-8-14)16(21)6-5-13-3-1-2-4-13;1-2-3-4-5-6-7;1-4-6(3)5-2;1-3-2;1-2/h11-14H,1-10H2;2-5H,6-7H2,1H3;4H,5H2,1-3H3;3H,1H2,2H3;1-2H3/b;3-2-,5-4-;6-4-;;. The zero-order valence-electron chi connectivity index (χ0n) is 26.7. The Morgan fingerprint density at radius 1 is 1.12 bits per heavy atom. The number of nitrogens with two attached hydrogens (primary N) is 1. The normalized spacial score (nSPS) is 15.6. The number of amides is 1. The maximum atomic E-state index is 12.3. The van der Waals surface area contributed by atoms with Crippen LogP contribution >= 0.6 is 11.3 Å². The van der Waals surface area contributed by atoms with E-state index in [4.69, 9.17) is 5.73 Å². The summed E-state index contributed by atoms with van der Waals surface area (Å²) in [5.74, 6) is 1.54. The molecule has 228 valence electrons. The smallest absolute Gasteiger partial charge is 0.222 e. The summed E-state index contributed by atoms with van der Waals surface area (Å²) in [5.41, 5.74) is 7.15. The van der Waals surface area contributed by atoms with Crippen LogP contribution in [-0.2, 0) is 4.79 Å². The molecule has 1 saturated carbocycles. The van der Waals surface area contributed by atoms with Crippen LogP contribution in [0.5, 0.6) is 0 Å². The van der Waals surface area contributed by atoms with Crippen LogP contribution in [0.3, 0.4) is 0 Å². The molecule has 0 atom stereocenters. The van der Waals surface area contributed by atoms with Crippen LogP contribution < -0.4 is 5.73 Å². The van der Waals surface area contributed by atoms with E-state index in [-0.39, 0.29) is 0 Å². The van der Waals surface area contributed by atoms with Crippen LogP contribution in [0.1, 0.15) is 128 Å². The SMILES string of the molecule is C/C=C(/C)CC.C/C=C\C=C/CN.C=CC.CC.O=Cc1csc(C2CCN(C(=O)CCC3CCCC3)CC2)n1. The first-order chi connectivity index (χ1) is 19.4. The quantitative estimate of drug-likeness (QED) is 0.191. The van der Waals surface area contributed by atoms with Gasteiger partial charge in [0.25, 0.3) is 0 Å². The molecule has 1 aliphatic heterocycles. The van der Waals surface area contributed by atoms with E-state index in [0.717, 1.165) is 56.0 Å². The average molecular weight is 574 g/mol. The van der Waals surface area contributed by atoms with E-state index in [2.05, 4.69) is 38.4 Å². The highest BCUT2D eigenvalue weighted by atomic mass is 32.1. The number of likely N-dealkylation sites (tertiary alicyclic amines) is 1. The summed E-state index contributed by atoms with van der Waals surface area (Å²) in [6.45, 7) is 19.9. The van der Waals surface area contributed by atoms with Crippen molar-refractivity contribution in [3.8, 4) is 0 Å². The van der Waals surface area contributed by atoms with Gasteiger partial charge in [-0.2, -0.15) is 0 Å². The lowest BCUT2D eigenvalue weighted by Gasteiger charge is -2.31. The molecule has 0 radical (unpaired) electrons. The Morgan fingerprint density at radius 2 is 1.73 bits per heavy atom. The Balaban J connectivity index is 0. The van der Waals surface area contributed by atoms with E-state index < -0.39 is 0 Å². The molecule has 0 spiro atoms. The summed E-state index contributed by atoms with van der Waals surface area (Å²) in [4.78, 5) is 29.4. The van der Waals surface area contributed by atoms with Gasteiger partial charge < -0.3 is 10.6 Å². The minimum Gasteiger partial charge on any atom is -0.343 e. The molecule has 2 heterocycles. The molecule has 40 heavy (non-hydrogen) atoms. The molecule has 2 N–H and O–H groups in total. The lowest BCUT2D eigenvalue weighted by Crippen LogP contribution is -2.37. The zero-order chi connectivity index (χ0) is 30.6. The van der Waals surface area contributed by atoms with Gasteiger partial charge in [-0.3, -0.25) is 9.59 Å². The fourth-order valence-corrected chi connectivity index (χ4v) is 5.11. The van der Waals surface area contributed by atoms with Gasteiger partial charge in [0.2, 0.25) is 5.91 Å². The first-order valence-electron chi connectivity index (χ1n) is 15.2. The molecular weight excluding hydrogens is 514 g/mol. The second kappa shape index (κ2) is 28.2. The number of thiazole rings is 1. The number of nitrogens with zero attached hydrogens (tertiary/aromatic N) is 2. The van der Waals surface area contributed by atoms with Crippen molar-refractivity contribution < 1.29 is 9.59 Å². The van der Waals surface area contributed by atoms with Gasteiger partial charge in [-0.25, -0.2) is 4.98 Å². The number of hydrogen-bond donors (Lipinski definition) is 1. The number of allylic oxidation sites excluding steroid dienone is 6. The molecule has 0 aromatic carbocycles. The van der Waals surface area contributed by atoms with E-state index in [0.29, 0.717) is 24.1 Å². The number of carbonyl (C=O) groups excluding carboxylic acids is 2. The fourth-order valence-electron chi connectivity index (χ4n) is 4.18. The number of aldehydes is 1. The molecule has 1 aromatic rings. The summed E-state index contributed by atoms with van der Waals surface area (Å²) in [7, 11) is 0. The van der Waals surface area contributed by atoms with Gasteiger partial charge in [0.05, 0.1) is 5.01 Å². The number of aromatic nitrogens is 1. The molecule has 0 bridgehead atoms.